The van der Waals surface area contributed by atoms with Crippen molar-refractivity contribution < 1.29 is 30.4 Å². The van der Waals surface area contributed by atoms with Crippen molar-refractivity contribution in [3.63, 3.8) is 0 Å². The average Bonchev–Trinajstić information content (AvgIpc) is 2.50. The van der Waals surface area contributed by atoms with Crippen LogP contribution in [0.3, 0.4) is 0 Å². The van der Waals surface area contributed by atoms with Crippen molar-refractivity contribution in [2.45, 2.75) is 22.5 Å². The number of halogens is 6. The fraction of sp³-hybridized carbons (Fsp3) is 0.286. The molecule has 0 heterocycles. The summed E-state index contributed by atoms with van der Waals surface area (Å²) >= 11 is 2.30. The summed E-state index contributed by atoms with van der Waals surface area (Å²) in [5, 5.41) is 0.423. The molecule has 0 fully saturated rings. The van der Waals surface area contributed by atoms with Gasteiger partial charge in [0.1, 0.15) is 4.83 Å². The van der Waals surface area contributed by atoms with Gasteiger partial charge in [0.05, 0.1) is 0 Å². The third-order valence-electron chi connectivity index (χ3n) is 3.25. The van der Waals surface area contributed by atoms with Crippen LogP contribution in [0.2, 0.25) is 0 Å². The highest BCUT2D eigenvalue weighted by atomic mass is 79.9. The lowest BCUT2D eigenvalue weighted by molar-refractivity contribution is -0.262. The lowest BCUT2D eigenvalue weighted by Crippen LogP contribution is -2.67. The second kappa shape index (κ2) is 6.23. The van der Waals surface area contributed by atoms with Crippen molar-refractivity contribution in [2.75, 3.05) is 0 Å². The number of nitrogens with one attached hydrogen (secondary N) is 1. The SMILES string of the molecule is O=S(=O)(/C=C/c1ccccc1)NC1(F)C=CC(Br)C(F)(F)C1(F)F. The van der Waals surface area contributed by atoms with Gasteiger partial charge in [-0.05, 0) is 17.7 Å². The third kappa shape index (κ3) is 3.40. The molecule has 132 valence electrons. The van der Waals surface area contributed by atoms with E-state index in [9.17, 15) is 30.4 Å². The fourth-order valence-corrected chi connectivity index (χ4v) is 3.38. The summed E-state index contributed by atoms with van der Waals surface area (Å²) in [5.41, 5.74) is 0.396. The lowest BCUT2D eigenvalue weighted by atomic mass is 9.92. The Labute approximate surface area is 143 Å². The highest BCUT2D eigenvalue weighted by Gasteiger charge is 2.74. The first-order valence-corrected chi connectivity index (χ1v) is 8.92. The van der Waals surface area contributed by atoms with Gasteiger partial charge in [-0.2, -0.15) is 22.3 Å². The first kappa shape index (κ1) is 19.1. The fourth-order valence-electron chi connectivity index (χ4n) is 1.93. The molecular formula is C14H11BrF5NO2S. The second-order valence-corrected chi connectivity index (χ2v) is 7.58. The Morgan fingerprint density at radius 2 is 1.67 bits per heavy atom. The molecule has 0 bridgehead atoms. The molecule has 3 nitrogen and oxygen atoms in total. The molecule has 1 aliphatic carbocycles. The number of rotatable bonds is 4. The minimum Gasteiger partial charge on any atom is -0.214 e. The highest BCUT2D eigenvalue weighted by molar-refractivity contribution is 9.09. The van der Waals surface area contributed by atoms with Crippen molar-refractivity contribution in [1.29, 1.82) is 0 Å². The van der Waals surface area contributed by atoms with Gasteiger partial charge in [0, 0.05) is 5.41 Å². The quantitative estimate of drug-likeness (QED) is 0.340. The van der Waals surface area contributed by atoms with E-state index >= 15 is 0 Å². The van der Waals surface area contributed by atoms with Gasteiger partial charge < -0.3 is 0 Å². The zero-order valence-corrected chi connectivity index (χ0v) is 14.2. The molecule has 24 heavy (non-hydrogen) atoms. The van der Waals surface area contributed by atoms with Gasteiger partial charge in [-0.3, -0.25) is 0 Å². The van der Waals surface area contributed by atoms with E-state index in [4.69, 9.17) is 0 Å². The van der Waals surface area contributed by atoms with Gasteiger partial charge in [-0.15, -0.1) is 0 Å². The summed E-state index contributed by atoms with van der Waals surface area (Å²) in [6, 6.07) is 7.86. The van der Waals surface area contributed by atoms with Crippen LogP contribution < -0.4 is 4.72 Å². The summed E-state index contributed by atoms with van der Waals surface area (Å²) < 4.78 is 93.7. The van der Waals surface area contributed by atoms with Gasteiger partial charge in [0.15, 0.2) is 0 Å². The Hall–Kier alpha value is -1.26. The molecule has 1 N–H and O–H groups in total. The monoisotopic (exact) mass is 431 g/mol. The first-order valence-electron chi connectivity index (χ1n) is 6.46. The van der Waals surface area contributed by atoms with Gasteiger partial charge in [0.2, 0.25) is 10.0 Å². The molecule has 2 unspecified atom stereocenters. The maximum atomic E-state index is 14.4. The minimum atomic E-state index is -5.30. The van der Waals surface area contributed by atoms with Crippen LogP contribution in [0.25, 0.3) is 6.08 Å². The number of alkyl halides is 6. The van der Waals surface area contributed by atoms with E-state index in [2.05, 4.69) is 15.9 Å². The molecule has 0 saturated heterocycles. The zero-order valence-electron chi connectivity index (χ0n) is 11.8. The third-order valence-corrected chi connectivity index (χ3v) is 5.20. The molecule has 2 atom stereocenters. The van der Waals surface area contributed by atoms with E-state index in [0.717, 1.165) is 10.8 Å². The smallest absolute Gasteiger partial charge is 0.214 e. The molecule has 1 aliphatic rings. The summed E-state index contributed by atoms with van der Waals surface area (Å²) in [4.78, 5) is -2.13. The number of hydrogen-bond acceptors (Lipinski definition) is 2. The van der Waals surface area contributed by atoms with Crippen LogP contribution in [0.15, 0.2) is 47.9 Å². The molecule has 0 spiro atoms. The Balaban J connectivity index is 2.31. The molecule has 0 amide bonds. The Kier molecular flexibility index (Phi) is 4.95. The van der Waals surface area contributed by atoms with Crippen LogP contribution in [0, 0.1) is 0 Å². The molecule has 0 aromatic heterocycles. The number of allylic oxidation sites excluding steroid dienone is 1. The maximum absolute atomic E-state index is 14.4. The first-order chi connectivity index (χ1) is 10.9. The van der Waals surface area contributed by atoms with Crippen molar-refractivity contribution in [3.8, 4) is 0 Å². The molecule has 0 saturated carbocycles. The molecule has 0 radical (unpaired) electrons. The molecule has 1 aromatic rings. The maximum Gasteiger partial charge on any atom is 0.362 e. The zero-order chi connectivity index (χ0) is 18.2. The van der Waals surface area contributed by atoms with Crippen LogP contribution in [-0.4, -0.2) is 30.9 Å². The lowest BCUT2D eigenvalue weighted by Gasteiger charge is -2.40. The van der Waals surface area contributed by atoms with Crippen LogP contribution in [-0.2, 0) is 10.0 Å². The minimum absolute atomic E-state index is 0.0672. The molecular weight excluding hydrogens is 421 g/mol. The van der Waals surface area contributed by atoms with Crippen molar-refractivity contribution in [1.82, 2.24) is 4.72 Å². The summed E-state index contributed by atoms with van der Waals surface area (Å²) in [5.74, 6) is -14.4. The van der Waals surface area contributed by atoms with Gasteiger partial charge in [-0.1, -0.05) is 52.3 Å². The van der Waals surface area contributed by atoms with E-state index in [1.54, 1.807) is 18.2 Å². The molecule has 2 rings (SSSR count). The topological polar surface area (TPSA) is 46.2 Å². The largest absolute Gasteiger partial charge is 0.362 e. The standard InChI is InChI=1S/C14H11BrF5NO2S/c15-11-6-8-12(16,14(19,20)13(11,17)18)21-24(22,23)9-7-10-4-2-1-3-5-10/h1-9,11,21H/b9-7+. The summed E-state index contributed by atoms with van der Waals surface area (Å²) in [6.07, 6.45) is 1.51. The van der Waals surface area contributed by atoms with Crippen LogP contribution in [0.4, 0.5) is 22.0 Å². The van der Waals surface area contributed by atoms with Crippen LogP contribution in [0.5, 0.6) is 0 Å². The Morgan fingerprint density at radius 1 is 1.08 bits per heavy atom. The van der Waals surface area contributed by atoms with E-state index in [1.165, 1.54) is 12.1 Å². The van der Waals surface area contributed by atoms with Crippen molar-refractivity contribution >= 4 is 32.0 Å². The van der Waals surface area contributed by atoms with E-state index in [1.807, 2.05) is 0 Å². The predicted octanol–water partition coefficient (Wildman–Crippen LogP) is 3.85. The Morgan fingerprint density at radius 3 is 2.25 bits per heavy atom. The average molecular weight is 432 g/mol. The van der Waals surface area contributed by atoms with Crippen molar-refractivity contribution in [3.05, 3.63) is 53.5 Å². The summed E-state index contributed by atoms with van der Waals surface area (Å²) in [7, 11) is -4.76. The number of sulfonamides is 1. The Bertz CT molecular complexity index is 767. The molecule has 0 aliphatic heterocycles. The second-order valence-electron chi connectivity index (χ2n) is 5.03. The van der Waals surface area contributed by atoms with E-state index < -0.39 is 32.5 Å². The van der Waals surface area contributed by atoms with E-state index in [0.29, 0.717) is 17.0 Å². The number of benzene rings is 1. The number of hydrogen-bond donors (Lipinski definition) is 1. The van der Waals surface area contributed by atoms with Gasteiger partial charge in [-0.25, -0.2) is 12.8 Å². The van der Waals surface area contributed by atoms with Crippen LogP contribution in [0.1, 0.15) is 5.56 Å². The molecule has 10 heteroatoms. The summed E-state index contributed by atoms with van der Waals surface area (Å²) in [6.45, 7) is 0. The van der Waals surface area contributed by atoms with Gasteiger partial charge in [0.25, 0.3) is 5.79 Å². The van der Waals surface area contributed by atoms with Crippen LogP contribution >= 0.6 is 15.9 Å². The highest BCUT2D eigenvalue weighted by Crippen LogP contribution is 2.51. The van der Waals surface area contributed by atoms with Crippen molar-refractivity contribution in [2.24, 2.45) is 0 Å². The predicted molar refractivity (Wildman–Crippen MR) is 83.1 cm³/mol. The van der Waals surface area contributed by atoms with E-state index in [-0.39, 0.29) is 6.08 Å². The normalized spacial score (nSPS) is 29.0. The van der Waals surface area contributed by atoms with Gasteiger partial charge >= 0.3 is 11.8 Å². The molecule has 1 aromatic carbocycles.